The van der Waals surface area contributed by atoms with E-state index < -0.39 is 35.2 Å². The van der Waals surface area contributed by atoms with E-state index in [2.05, 4.69) is 17.6 Å². The Hall–Kier alpha value is -4.33. The van der Waals surface area contributed by atoms with E-state index in [1.165, 1.54) is 12.1 Å². The molecule has 3 amide bonds. The number of hydrogen-bond acceptors (Lipinski definition) is 5. The molecule has 0 radical (unpaired) electrons. The smallest absolute Gasteiger partial charge is 0.408 e. The highest BCUT2D eigenvalue weighted by molar-refractivity contribution is 6.00. The maximum atomic E-state index is 14.9. The summed E-state index contributed by atoms with van der Waals surface area (Å²) in [6.07, 6.45) is 0.751. The zero-order valence-corrected chi connectivity index (χ0v) is 28.2. The van der Waals surface area contributed by atoms with Gasteiger partial charge in [-0.3, -0.25) is 9.59 Å². The van der Waals surface area contributed by atoms with Crippen molar-refractivity contribution in [3.63, 3.8) is 0 Å². The van der Waals surface area contributed by atoms with Crippen molar-refractivity contribution in [3.8, 4) is 5.75 Å². The number of hydrogen-bond donors (Lipinski definition) is 3. The van der Waals surface area contributed by atoms with Crippen LogP contribution in [0.4, 0.5) is 10.5 Å². The van der Waals surface area contributed by atoms with Gasteiger partial charge in [0.2, 0.25) is 5.91 Å². The average Bonchev–Trinajstić information content (AvgIpc) is 2.97. The number of alkyl carbamates (subject to hydrolysis) is 1. The van der Waals surface area contributed by atoms with Crippen LogP contribution in [0, 0.1) is 13.8 Å². The first kappa shape index (κ1) is 35.2. The van der Waals surface area contributed by atoms with Gasteiger partial charge >= 0.3 is 6.09 Å². The molecule has 3 aromatic carbocycles. The Morgan fingerprint density at radius 2 is 1.40 bits per heavy atom. The van der Waals surface area contributed by atoms with Crippen LogP contribution >= 0.6 is 0 Å². The van der Waals surface area contributed by atoms with Crippen LogP contribution in [0.2, 0.25) is 0 Å². The fraction of sp³-hybridized carbons (Fsp3) is 0.432. The fourth-order valence-corrected chi connectivity index (χ4v) is 5.19. The van der Waals surface area contributed by atoms with Crippen molar-refractivity contribution in [1.29, 1.82) is 0 Å². The zero-order valence-electron chi connectivity index (χ0n) is 28.2. The second-order valence-corrected chi connectivity index (χ2v) is 13.2. The summed E-state index contributed by atoms with van der Waals surface area (Å²) in [4.78, 5) is 44.0. The fourth-order valence-electron chi connectivity index (χ4n) is 5.19. The molecule has 8 heteroatoms. The highest BCUT2D eigenvalue weighted by atomic mass is 16.6. The normalized spacial score (nSPS) is 13.0. The summed E-state index contributed by atoms with van der Waals surface area (Å²) in [6, 6.07) is 18.0. The molecule has 0 spiro atoms. The summed E-state index contributed by atoms with van der Waals surface area (Å²) in [7, 11) is 0. The minimum Gasteiger partial charge on any atom is -0.508 e. The molecular formula is C37H49N3O5. The molecule has 3 rings (SSSR count). The Labute approximate surface area is 268 Å². The molecule has 242 valence electrons. The van der Waals surface area contributed by atoms with Gasteiger partial charge in [0.1, 0.15) is 23.4 Å². The Kier molecular flexibility index (Phi) is 11.4. The first-order chi connectivity index (χ1) is 21.1. The summed E-state index contributed by atoms with van der Waals surface area (Å²) >= 11 is 0. The van der Waals surface area contributed by atoms with Gasteiger partial charge in [-0.1, -0.05) is 68.4 Å². The van der Waals surface area contributed by atoms with Gasteiger partial charge < -0.3 is 25.4 Å². The van der Waals surface area contributed by atoms with Gasteiger partial charge in [-0.05, 0) is 101 Å². The third kappa shape index (κ3) is 9.33. The predicted octanol–water partition coefficient (Wildman–Crippen LogP) is 7.40. The number of phenols is 1. The number of anilines is 1. The lowest BCUT2D eigenvalue weighted by Gasteiger charge is -2.44. The number of rotatable bonds is 11. The van der Waals surface area contributed by atoms with E-state index in [4.69, 9.17) is 4.74 Å². The Morgan fingerprint density at radius 1 is 0.844 bits per heavy atom. The molecule has 3 N–H and O–H groups in total. The molecule has 0 aromatic heterocycles. The molecule has 0 bridgehead atoms. The number of carbonyl (C=O) groups excluding carboxylic acids is 3. The molecule has 0 fully saturated rings. The number of aryl methyl sites for hydroxylation is 3. The standard InChI is InChI=1S/C37H49N3O5/c1-10-26-15-19-28(20-16-26)32(33(42)39-31-24(3)13-12-14-25(31)4)40(37(8,9)11-2)34(43)30(38-35(44)45-36(5,6)7)23-27-17-21-29(41)22-18-27/h12-22,30,32,41H,10-11,23H2,1-9H3,(H,38,44)(H,39,42). The average molecular weight is 616 g/mol. The quantitative estimate of drug-likeness (QED) is 0.208. The molecule has 3 aromatic rings. The van der Waals surface area contributed by atoms with E-state index in [1.54, 1.807) is 37.8 Å². The van der Waals surface area contributed by atoms with Crippen molar-refractivity contribution in [2.45, 2.75) is 105 Å². The molecule has 2 atom stereocenters. The molecule has 2 unspecified atom stereocenters. The van der Waals surface area contributed by atoms with Crippen LogP contribution in [-0.4, -0.2) is 45.1 Å². The summed E-state index contributed by atoms with van der Waals surface area (Å²) in [6.45, 7) is 17.0. The summed E-state index contributed by atoms with van der Waals surface area (Å²) in [5, 5.41) is 15.8. The number of carbonyl (C=O) groups is 3. The Balaban J connectivity index is 2.18. The molecule has 0 saturated carbocycles. The van der Waals surface area contributed by atoms with E-state index >= 15 is 0 Å². The molecule has 8 nitrogen and oxygen atoms in total. The van der Waals surface area contributed by atoms with Gasteiger partial charge in [-0.25, -0.2) is 4.79 Å². The van der Waals surface area contributed by atoms with Crippen molar-refractivity contribution >= 4 is 23.6 Å². The number of nitrogens with one attached hydrogen (secondary N) is 2. The highest BCUT2D eigenvalue weighted by Gasteiger charge is 2.43. The predicted molar refractivity (Wildman–Crippen MR) is 179 cm³/mol. The summed E-state index contributed by atoms with van der Waals surface area (Å²) < 4.78 is 5.55. The van der Waals surface area contributed by atoms with Gasteiger partial charge in [-0.15, -0.1) is 0 Å². The molecular weight excluding hydrogens is 566 g/mol. The van der Waals surface area contributed by atoms with E-state index in [0.717, 1.165) is 28.7 Å². The monoisotopic (exact) mass is 615 g/mol. The van der Waals surface area contributed by atoms with Crippen molar-refractivity contribution in [1.82, 2.24) is 10.2 Å². The number of nitrogens with zero attached hydrogens (tertiary/aromatic N) is 1. The Bertz CT molecular complexity index is 1450. The number of phenolic OH excluding ortho intramolecular Hbond substituents is 1. The maximum absolute atomic E-state index is 14.9. The molecule has 0 heterocycles. The highest BCUT2D eigenvalue weighted by Crippen LogP contribution is 2.34. The number of aromatic hydroxyl groups is 1. The first-order valence-electron chi connectivity index (χ1n) is 15.6. The van der Waals surface area contributed by atoms with Crippen LogP contribution in [0.25, 0.3) is 0 Å². The van der Waals surface area contributed by atoms with Crippen LogP contribution in [-0.2, 0) is 27.2 Å². The molecule has 0 aliphatic heterocycles. The van der Waals surface area contributed by atoms with Crippen LogP contribution in [0.5, 0.6) is 5.75 Å². The second kappa shape index (κ2) is 14.6. The van der Waals surface area contributed by atoms with Gasteiger partial charge in [0, 0.05) is 17.6 Å². The zero-order chi connectivity index (χ0) is 33.5. The number of amides is 3. The third-order valence-electron chi connectivity index (χ3n) is 8.06. The van der Waals surface area contributed by atoms with Gasteiger partial charge in [0.25, 0.3) is 5.91 Å². The van der Waals surface area contributed by atoms with Crippen LogP contribution < -0.4 is 10.6 Å². The maximum Gasteiger partial charge on any atom is 0.408 e. The van der Waals surface area contributed by atoms with E-state index in [-0.39, 0.29) is 18.1 Å². The van der Waals surface area contributed by atoms with E-state index in [1.807, 2.05) is 77.1 Å². The number of para-hydroxylation sites is 1. The number of benzene rings is 3. The lowest BCUT2D eigenvalue weighted by molar-refractivity contribution is -0.147. The second-order valence-electron chi connectivity index (χ2n) is 13.2. The van der Waals surface area contributed by atoms with Gasteiger partial charge in [0.15, 0.2) is 0 Å². The summed E-state index contributed by atoms with van der Waals surface area (Å²) in [5.41, 5.74) is 3.43. The SMILES string of the molecule is CCc1ccc(C(C(=O)Nc2c(C)cccc2C)N(C(=O)C(Cc2ccc(O)cc2)NC(=O)OC(C)(C)C)C(C)(C)CC)cc1. The third-order valence-corrected chi connectivity index (χ3v) is 8.06. The van der Waals surface area contributed by atoms with Gasteiger partial charge in [0.05, 0.1) is 0 Å². The lowest BCUT2D eigenvalue weighted by atomic mass is 9.90. The Morgan fingerprint density at radius 3 is 1.91 bits per heavy atom. The van der Waals surface area contributed by atoms with Crippen LogP contribution in [0.1, 0.15) is 88.7 Å². The van der Waals surface area contributed by atoms with Gasteiger partial charge in [-0.2, -0.15) is 0 Å². The molecule has 45 heavy (non-hydrogen) atoms. The van der Waals surface area contributed by atoms with Crippen LogP contribution in [0.15, 0.2) is 66.7 Å². The lowest BCUT2D eigenvalue weighted by Crippen LogP contribution is -2.59. The molecule has 0 saturated heterocycles. The molecule has 0 aliphatic rings. The minimum absolute atomic E-state index is 0.0919. The number of ether oxygens (including phenoxy) is 1. The first-order valence-corrected chi connectivity index (χ1v) is 15.6. The van der Waals surface area contributed by atoms with E-state index in [0.29, 0.717) is 17.7 Å². The van der Waals surface area contributed by atoms with Crippen molar-refractivity contribution in [2.75, 3.05) is 5.32 Å². The van der Waals surface area contributed by atoms with Crippen molar-refractivity contribution in [3.05, 3.63) is 94.5 Å². The largest absolute Gasteiger partial charge is 0.508 e. The van der Waals surface area contributed by atoms with E-state index in [9.17, 15) is 19.5 Å². The van der Waals surface area contributed by atoms with Crippen molar-refractivity contribution in [2.24, 2.45) is 0 Å². The molecule has 0 aliphatic carbocycles. The minimum atomic E-state index is -1.07. The topological polar surface area (TPSA) is 108 Å². The van der Waals surface area contributed by atoms with Crippen molar-refractivity contribution < 1.29 is 24.2 Å². The summed E-state index contributed by atoms with van der Waals surface area (Å²) in [5.74, 6) is -0.691. The van der Waals surface area contributed by atoms with Crippen LogP contribution in [0.3, 0.4) is 0 Å².